The van der Waals surface area contributed by atoms with Crippen molar-refractivity contribution in [2.24, 2.45) is 0 Å². The van der Waals surface area contributed by atoms with Crippen molar-refractivity contribution in [3.05, 3.63) is 34.3 Å². The molecule has 0 radical (unpaired) electrons. The Kier molecular flexibility index (Phi) is 4.82. The van der Waals surface area contributed by atoms with Crippen molar-refractivity contribution in [1.29, 1.82) is 0 Å². The SMILES string of the molecule is CNCCCN1CC(c2cccc(Br)c2)N(C)C1=O. The lowest BCUT2D eigenvalue weighted by Gasteiger charge is -2.18. The van der Waals surface area contributed by atoms with Crippen LogP contribution in [0.4, 0.5) is 4.79 Å². The summed E-state index contributed by atoms with van der Waals surface area (Å²) < 4.78 is 1.06. The fourth-order valence-corrected chi connectivity index (χ4v) is 2.86. The Morgan fingerprint density at radius 1 is 1.47 bits per heavy atom. The molecule has 0 saturated carbocycles. The van der Waals surface area contributed by atoms with Gasteiger partial charge in [-0.05, 0) is 37.7 Å². The molecule has 1 atom stereocenters. The zero-order chi connectivity index (χ0) is 13.8. The third-order valence-electron chi connectivity index (χ3n) is 3.52. The number of benzene rings is 1. The second-order valence-corrected chi connectivity index (χ2v) is 5.78. The van der Waals surface area contributed by atoms with Gasteiger partial charge < -0.3 is 15.1 Å². The lowest BCUT2D eigenvalue weighted by molar-refractivity contribution is 0.195. The van der Waals surface area contributed by atoms with E-state index < -0.39 is 0 Å². The third kappa shape index (κ3) is 3.28. The third-order valence-corrected chi connectivity index (χ3v) is 4.01. The molecule has 1 N–H and O–H groups in total. The van der Waals surface area contributed by atoms with Gasteiger partial charge >= 0.3 is 6.03 Å². The molecule has 104 valence electrons. The Balaban J connectivity index is 2.05. The molecule has 4 nitrogen and oxygen atoms in total. The van der Waals surface area contributed by atoms with Crippen molar-refractivity contribution in [2.45, 2.75) is 12.5 Å². The van der Waals surface area contributed by atoms with E-state index in [0.29, 0.717) is 0 Å². The highest BCUT2D eigenvalue weighted by atomic mass is 79.9. The summed E-state index contributed by atoms with van der Waals surface area (Å²) >= 11 is 3.49. The Bertz CT molecular complexity index is 452. The van der Waals surface area contributed by atoms with Gasteiger partial charge in [-0.25, -0.2) is 4.79 Å². The van der Waals surface area contributed by atoms with Gasteiger partial charge in [0.2, 0.25) is 0 Å². The van der Waals surface area contributed by atoms with Crippen molar-refractivity contribution in [1.82, 2.24) is 15.1 Å². The second-order valence-electron chi connectivity index (χ2n) is 4.87. The summed E-state index contributed by atoms with van der Waals surface area (Å²) in [6.07, 6.45) is 0.987. The first-order valence-corrected chi connectivity index (χ1v) is 7.34. The number of nitrogens with zero attached hydrogens (tertiary/aromatic N) is 2. The number of urea groups is 1. The molecule has 1 fully saturated rings. The molecule has 1 heterocycles. The van der Waals surface area contributed by atoms with E-state index >= 15 is 0 Å². The number of hydrogen-bond acceptors (Lipinski definition) is 2. The number of carbonyl (C=O) groups is 1. The fourth-order valence-electron chi connectivity index (χ4n) is 2.44. The Morgan fingerprint density at radius 2 is 2.26 bits per heavy atom. The predicted molar refractivity (Wildman–Crippen MR) is 80.2 cm³/mol. The van der Waals surface area contributed by atoms with Crippen LogP contribution in [-0.2, 0) is 0 Å². The zero-order valence-corrected chi connectivity index (χ0v) is 13.0. The number of rotatable bonds is 5. The van der Waals surface area contributed by atoms with Crippen molar-refractivity contribution >= 4 is 22.0 Å². The number of amides is 2. The van der Waals surface area contributed by atoms with Gasteiger partial charge in [-0.15, -0.1) is 0 Å². The van der Waals surface area contributed by atoms with Crippen LogP contribution in [0.1, 0.15) is 18.0 Å². The Morgan fingerprint density at radius 3 is 2.95 bits per heavy atom. The number of hydrogen-bond donors (Lipinski definition) is 1. The van der Waals surface area contributed by atoms with E-state index in [2.05, 4.69) is 33.4 Å². The van der Waals surface area contributed by atoms with E-state index in [0.717, 1.165) is 30.5 Å². The summed E-state index contributed by atoms with van der Waals surface area (Å²) in [7, 11) is 3.81. The first-order valence-electron chi connectivity index (χ1n) is 6.55. The molecule has 1 unspecified atom stereocenters. The zero-order valence-electron chi connectivity index (χ0n) is 11.4. The van der Waals surface area contributed by atoms with Gasteiger partial charge in [0.15, 0.2) is 0 Å². The summed E-state index contributed by atoms with van der Waals surface area (Å²) in [6.45, 7) is 2.53. The van der Waals surface area contributed by atoms with E-state index in [1.807, 2.05) is 36.0 Å². The molecule has 0 spiro atoms. The van der Waals surface area contributed by atoms with E-state index in [1.54, 1.807) is 0 Å². The van der Waals surface area contributed by atoms with Gasteiger partial charge in [0.25, 0.3) is 0 Å². The van der Waals surface area contributed by atoms with E-state index in [1.165, 1.54) is 5.56 Å². The summed E-state index contributed by atoms with van der Waals surface area (Å²) in [5.41, 5.74) is 1.18. The maximum atomic E-state index is 12.2. The minimum Gasteiger partial charge on any atom is -0.322 e. The molecule has 2 rings (SSSR count). The van der Waals surface area contributed by atoms with E-state index in [-0.39, 0.29) is 12.1 Å². The monoisotopic (exact) mass is 325 g/mol. The lowest BCUT2D eigenvalue weighted by atomic mass is 10.1. The predicted octanol–water partition coefficient (Wildman–Crippen LogP) is 2.47. The Hall–Kier alpha value is -1.07. The number of likely N-dealkylation sites (N-methyl/N-ethyl adjacent to an activating group) is 1. The van der Waals surface area contributed by atoms with Crippen LogP contribution in [0.15, 0.2) is 28.7 Å². The largest absolute Gasteiger partial charge is 0.322 e. The molecule has 1 aromatic rings. The van der Waals surface area contributed by atoms with Crippen LogP contribution in [0.25, 0.3) is 0 Å². The minimum atomic E-state index is 0.126. The molecule has 2 amide bonds. The van der Waals surface area contributed by atoms with Gasteiger partial charge in [0.1, 0.15) is 0 Å². The smallest absolute Gasteiger partial charge is 0.320 e. The van der Waals surface area contributed by atoms with E-state index in [9.17, 15) is 4.79 Å². The van der Waals surface area contributed by atoms with Crippen LogP contribution >= 0.6 is 15.9 Å². The molecule has 0 aliphatic carbocycles. The first kappa shape index (κ1) is 14.3. The molecule has 0 bridgehead atoms. The molecule has 1 aliphatic rings. The van der Waals surface area contributed by atoms with Crippen LogP contribution in [0, 0.1) is 0 Å². The van der Waals surface area contributed by atoms with Crippen LogP contribution in [0.5, 0.6) is 0 Å². The van der Waals surface area contributed by atoms with E-state index in [4.69, 9.17) is 0 Å². The lowest BCUT2D eigenvalue weighted by Crippen LogP contribution is -2.31. The molecule has 5 heteroatoms. The number of nitrogens with one attached hydrogen (secondary N) is 1. The highest BCUT2D eigenvalue weighted by Crippen LogP contribution is 2.29. The fraction of sp³-hybridized carbons (Fsp3) is 0.500. The number of halogens is 1. The highest BCUT2D eigenvalue weighted by molar-refractivity contribution is 9.10. The summed E-state index contributed by atoms with van der Waals surface area (Å²) in [6, 6.07) is 8.47. The Labute approximate surface area is 122 Å². The second kappa shape index (κ2) is 6.39. The first-order chi connectivity index (χ1) is 9.13. The molecule has 1 aromatic carbocycles. The maximum Gasteiger partial charge on any atom is 0.320 e. The van der Waals surface area contributed by atoms with Gasteiger partial charge in [-0.1, -0.05) is 28.1 Å². The van der Waals surface area contributed by atoms with Crippen LogP contribution in [0.3, 0.4) is 0 Å². The molecular weight excluding hydrogens is 306 g/mol. The van der Waals surface area contributed by atoms with Crippen molar-refractivity contribution in [3.8, 4) is 0 Å². The van der Waals surface area contributed by atoms with Crippen molar-refractivity contribution in [3.63, 3.8) is 0 Å². The van der Waals surface area contributed by atoms with Crippen molar-refractivity contribution in [2.75, 3.05) is 33.7 Å². The summed E-state index contributed by atoms with van der Waals surface area (Å²) in [4.78, 5) is 16.0. The van der Waals surface area contributed by atoms with Crippen LogP contribution in [-0.4, -0.2) is 49.6 Å². The number of carbonyl (C=O) groups excluding carboxylic acids is 1. The van der Waals surface area contributed by atoms with Crippen LogP contribution in [0.2, 0.25) is 0 Å². The quantitative estimate of drug-likeness (QED) is 0.844. The maximum absolute atomic E-state index is 12.2. The van der Waals surface area contributed by atoms with Crippen molar-refractivity contribution < 1.29 is 4.79 Å². The van der Waals surface area contributed by atoms with Crippen LogP contribution < -0.4 is 5.32 Å². The average molecular weight is 326 g/mol. The highest BCUT2D eigenvalue weighted by Gasteiger charge is 2.34. The summed E-state index contributed by atoms with van der Waals surface area (Å²) in [5.74, 6) is 0. The normalized spacial score (nSPS) is 19.3. The summed E-state index contributed by atoms with van der Waals surface area (Å²) in [5, 5.41) is 3.11. The minimum absolute atomic E-state index is 0.126. The standard InChI is InChI=1S/C14H20BrN3O/c1-16-7-4-8-18-10-13(17(2)14(18)19)11-5-3-6-12(15)9-11/h3,5-6,9,13,16H,4,7-8,10H2,1-2H3. The molecule has 1 aliphatic heterocycles. The molecule has 0 aromatic heterocycles. The molecule has 1 saturated heterocycles. The topological polar surface area (TPSA) is 35.6 Å². The van der Waals surface area contributed by atoms with Gasteiger partial charge in [-0.3, -0.25) is 0 Å². The van der Waals surface area contributed by atoms with Gasteiger partial charge in [0, 0.05) is 24.6 Å². The molecular formula is C14H20BrN3O. The van der Waals surface area contributed by atoms with Gasteiger partial charge in [0.05, 0.1) is 6.04 Å². The van der Waals surface area contributed by atoms with Gasteiger partial charge in [-0.2, -0.15) is 0 Å². The molecule has 19 heavy (non-hydrogen) atoms. The average Bonchev–Trinajstić information content (AvgIpc) is 2.67.